The third-order valence-electron chi connectivity index (χ3n) is 3.43. The van der Waals surface area contributed by atoms with Crippen molar-refractivity contribution in [1.82, 2.24) is 9.71 Å². The van der Waals surface area contributed by atoms with Crippen LogP contribution in [0.3, 0.4) is 0 Å². The zero-order valence-corrected chi connectivity index (χ0v) is 12.7. The van der Waals surface area contributed by atoms with Crippen LogP contribution in [0, 0.1) is 5.92 Å². The number of carbonyl (C=O) groups is 1. The zero-order valence-electron chi connectivity index (χ0n) is 11.0. The minimum Gasteiger partial charge on any atom is -0.464 e. The second-order valence-corrected chi connectivity index (χ2v) is 7.40. The monoisotopic (exact) mass is 319 g/mol. The molecule has 1 heterocycles. The Morgan fingerprint density at radius 2 is 2.35 bits per heavy atom. The molecule has 0 bridgehead atoms. The molecular weight excluding hydrogens is 302 g/mol. The van der Waals surface area contributed by atoms with E-state index in [0.29, 0.717) is 6.54 Å². The molecule has 112 valence electrons. The van der Waals surface area contributed by atoms with Gasteiger partial charge >= 0.3 is 5.97 Å². The van der Waals surface area contributed by atoms with Gasteiger partial charge < -0.3 is 10.5 Å². The average Bonchev–Trinajstić information content (AvgIpc) is 3.05. The van der Waals surface area contributed by atoms with E-state index < -0.39 is 16.0 Å². The molecule has 1 saturated carbocycles. The zero-order chi connectivity index (χ0) is 14.8. The Balaban J connectivity index is 2.23. The molecule has 7 nitrogen and oxygen atoms in total. The fourth-order valence-corrected chi connectivity index (χ4v) is 4.87. The highest BCUT2D eigenvalue weighted by Gasteiger charge is 2.33. The first kappa shape index (κ1) is 15.4. The summed E-state index contributed by atoms with van der Waals surface area (Å²) in [6.07, 6.45) is 2.62. The van der Waals surface area contributed by atoms with Gasteiger partial charge in [0.1, 0.15) is 0 Å². The van der Waals surface area contributed by atoms with Crippen molar-refractivity contribution in [2.45, 2.75) is 29.5 Å². The molecule has 0 amide bonds. The van der Waals surface area contributed by atoms with Crippen LogP contribution in [0.15, 0.2) is 9.72 Å². The highest BCUT2D eigenvalue weighted by Crippen LogP contribution is 2.28. The summed E-state index contributed by atoms with van der Waals surface area (Å²) in [5, 5.41) is 0. The lowest BCUT2D eigenvalue weighted by molar-refractivity contribution is 0.0590. The number of methoxy groups -OCH3 is 1. The standard InChI is InChI=1S/C11H17N3O4S2/c1-18-10(15)9-11(19-6-13-9)20(16,17)14-8-4-2-3-7(8)5-12/h6-8,14H,2-5,12H2,1H3/t7-,8+/m1/s1. The van der Waals surface area contributed by atoms with Crippen LogP contribution in [-0.2, 0) is 14.8 Å². The predicted octanol–water partition coefficient (Wildman–Crippen LogP) is 0.335. The number of sulfonamides is 1. The Kier molecular flexibility index (Phi) is 4.74. The van der Waals surface area contributed by atoms with E-state index in [0.717, 1.165) is 30.6 Å². The maximum absolute atomic E-state index is 12.4. The van der Waals surface area contributed by atoms with Gasteiger partial charge in [-0.25, -0.2) is 22.9 Å². The Morgan fingerprint density at radius 3 is 3.00 bits per heavy atom. The van der Waals surface area contributed by atoms with E-state index in [2.05, 4.69) is 14.4 Å². The molecule has 1 aromatic heterocycles. The molecule has 3 N–H and O–H groups in total. The third kappa shape index (κ3) is 3.00. The van der Waals surface area contributed by atoms with E-state index in [1.165, 1.54) is 12.6 Å². The fourth-order valence-electron chi connectivity index (χ4n) is 2.39. The number of aromatic nitrogens is 1. The van der Waals surface area contributed by atoms with Gasteiger partial charge in [0.25, 0.3) is 10.0 Å². The van der Waals surface area contributed by atoms with Crippen molar-refractivity contribution in [3.05, 3.63) is 11.2 Å². The summed E-state index contributed by atoms with van der Waals surface area (Å²) in [5.41, 5.74) is 6.78. The summed E-state index contributed by atoms with van der Waals surface area (Å²) in [4.78, 5) is 15.3. The van der Waals surface area contributed by atoms with Gasteiger partial charge in [-0.05, 0) is 25.3 Å². The van der Waals surface area contributed by atoms with Gasteiger partial charge in [-0.2, -0.15) is 0 Å². The van der Waals surface area contributed by atoms with Crippen LogP contribution < -0.4 is 10.5 Å². The smallest absolute Gasteiger partial charge is 0.358 e. The summed E-state index contributed by atoms with van der Waals surface area (Å²) < 4.78 is 31.8. The minimum atomic E-state index is -3.78. The van der Waals surface area contributed by atoms with Gasteiger partial charge in [-0.15, -0.1) is 11.3 Å². The fraction of sp³-hybridized carbons (Fsp3) is 0.636. The third-order valence-corrected chi connectivity index (χ3v) is 6.29. The van der Waals surface area contributed by atoms with Crippen molar-refractivity contribution in [1.29, 1.82) is 0 Å². The predicted molar refractivity (Wildman–Crippen MR) is 74.0 cm³/mol. The van der Waals surface area contributed by atoms with Crippen LogP contribution in [0.4, 0.5) is 0 Å². The van der Waals surface area contributed by atoms with Crippen LogP contribution in [0.2, 0.25) is 0 Å². The van der Waals surface area contributed by atoms with Gasteiger partial charge in [0, 0.05) is 6.04 Å². The molecule has 0 aliphatic heterocycles. The molecule has 1 aliphatic rings. The van der Waals surface area contributed by atoms with Crippen LogP contribution in [-0.4, -0.2) is 39.1 Å². The van der Waals surface area contributed by atoms with Crippen LogP contribution in [0.1, 0.15) is 29.8 Å². The van der Waals surface area contributed by atoms with Crippen molar-refractivity contribution in [2.75, 3.05) is 13.7 Å². The van der Waals surface area contributed by atoms with Gasteiger partial charge in [-0.1, -0.05) is 6.42 Å². The van der Waals surface area contributed by atoms with Gasteiger partial charge in [0.15, 0.2) is 9.90 Å². The molecule has 20 heavy (non-hydrogen) atoms. The van der Waals surface area contributed by atoms with Crippen LogP contribution in [0.5, 0.6) is 0 Å². The van der Waals surface area contributed by atoms with E-state index in [1.54, 1.807) is 0 Å². The average molecular weight is 319 g/mol. The SMILES string of the molecule is COC(=O)c1ncsc1S(=O)(=O)N[C@H]1CCC[C@@H]1CN. The molecule has 1 fully saturated rings. The second kappa shape index (κ2) is 6.17. The molecule has 0 radical (unpaired) electrons. The molecule has 1 aromatic rings. The maximum Gasteiger partial charge on any atom is 0.358 e. The topological polar surface area (TPSA) is 111 Å². The molecule has 1 aliphatic carbocycles. The summed E-state index contributed by atoms with van der Waals surface area (Å²) in [5.74, 6) is -0.618. The number of nitrogens with one attached hydrogen (secondary N) is 1. The molecule has 0 unspecified atom stereocenters. The van der Waals surface area contributed by atoms with Crippen molar-refractivity contribution in [3.8, 4) is 0 Å². The normalized spacial score (nSPS) is 22.9. The van der Waals surface area contributed by atoms with Gasteiger partial charge in [0.2, 0.25) is 0 Å². The number of ether oxygens (including phenoxy) is 1. The Hall–Kier alpha value is -1.03. The highest BCUT2D eigenvalue weighted by molar-refractivity contribution is 7.91. The first-order valence-corrected chi connectivity index (χ1v) is 8.60. The molecule has 2 atom stereocenters. The quantitative estimate of drug-likeness (QED) is 0.757. The number of esters is 1. The molecule has 0 saturated heterocycles. The van der Waals surface area contributed by atoms with Gasteiger partial charge in [0.05, 0.1) is 12.6 Å². The van der Waals surface area contributed by atoms with E-state index in [9.17, 15) is 13.2 Å². The van der Waals surface area contributed by atoms with E-state index in [4.69, 9.17) is 5.73 Å². The Morgan fingerprint density at radius 1 is 1.60 bits per heavy atom. The first-order valence-electron chi connectivity index (χ1n) is 6.23. The minimum absolute atomic E-state index is 0.105. The molecule has 0 spiro atoms. The summed E-state index contributed by atoms with van der Waals surface area (Å²) >= 11 is 0.899. The molecule has 2 rings (SSSR count). The lowest BCUT2D eigenvalue weighted by atomic mass is 10.1. The number of thiazole rings is 1. The van der Waals surface area contributed by atoms with Crippen molar-refractivity contribution in [2.24, 2.45) is 11.7 Å². The lowest BCUT2D eigenvalue weighted by Gasteiger charge is -2.18. The maximum atomic E-state index is 12.4. The molecule has 0 aromatic carbocycles. The lowest BCUT2D eigenvalue weighted by Crippen LogP contribution is -2.40. The second-order valence-electron chi connectivity index (χ2n) is 4.63. The van der Waals surface area contributed by atoms with E-state index in [1.807, 2.05) is 0 Å². The van der Waals surface area contributed by atoms with Crippen LogP contribution in [0.25, 0.3) is 0 Å². The highest BCUT2D eigenvalue weighted by atomic mass is 32.2. The summed E-state index contributed by atoms with van der Waals surface area (Å²) in [6.45, 7) is 0.444. The van der Waals surface area contributed by atoms with Crippen molar-refractivity contribution >= 4 is 27.3 Å². The number of hydrogen-bond donors (Lipinski definition) is 2. The van der Waals surface area contributed by atoms with Crippen molar-refractivity contribution in [3.63, 3.8) is 0 Å². The number of carbonyl (C=O) groups excluding carboxylic acids is 1. The summed E-state index contributed by atoms with van der Waals surface area (Å²) in [7, 11) is -2.59. The van der Waals surface area contributed by atoms with Gasteiger partial charge in [-0.3, -0.25) is 0 Å². The molecule has 9 heteroatoms. The summed E-state index contributed by atoms with van der Waals surface area (Å²) in [6, 6.07) is -0.183. The largest absolute Gasteiger partial charge is 0.464 e. The number of hydrogen-bond acceptors (Lipinski definition) is 7. The number of nitrogens with zero attached hydrogens (tertiary/aromatic N) is 1. The first-order chi connectivity index (χ1) is 9.49. The van der Waals surface area contributed by atoms with E-state index in [-0.39, 0.29) is 21.9 Å². The Bertz CT molecular complexity index is 584. The van der Waals surface area contributed by atoms with Crippen molar-refractivity contribution < 1.29 is 17.9 Å². The Labute approximate surface area is 121 Å². The number of rotatable bonds is 5. The molecular formula is C11H17N3O4S2. The number of nitrogens with two attached hydrogens (primary N) is 1. The van der Waals surface area contributed by atoms with Crippen LogP contribution >= 0.6 is 11.3 Å². The van der Waals surface area contributed by atoms with E-state index >= 15 is 0 Å².